The molecule has 0 atom stereocenters. The van der Waals surface area contributed by atoms with Crippen LogP contribution in [0.3, 0.4) is 0 Å². The maximum absolute atomic E-state index is 13.0. The van der Waals surface area contributed by atoms with Gasteiger partial charge in [-0.2, -0.15) is 5.10 Å². The predicted octanol–water partition coefficient (Wildman–Crippen LogP) is 3.83. The summed E-state index contributed by atoms with van der Waals surface area (Å²) in [7, 11) is 1.43. The fourth-order valence-electron chi connectivity index (χ4n) is 2.84. The van der Waals surface area contributed by atoms with E-state index in [4.69, 9.17) is 0 Å². The van der Waals surface area contributed by atoms with Gasteiger partial charge in [0.2, 0.25) is 0 Å². The average Bonchev–Trinajstić information content (AvgIpc) is 2.84. The van der Waals surface area contributed by atoms with E-state index in [1.807, 2.05) is 18.2 Å². The van der Waals surface area contributed by atoms with E-state index in [-0.39, 0.29) is 17.4 Å². The number of benzene rings is 1. The van der Waals surface area contributed by atoms with Gasteiger partial charge in [-0.25, -0.2) is 13.6 Å². The van der Waals surface area contributed by atoms with Crippen LogP contribution in [0.1, 0.15) is 17.7 Å². The quantitative estimate of drug-likeness (QED) is 0.850. The summed E-state index contributed by atoms with van der Waals surface area (Å²) in [5, 5.41) is 6.30. The van der Waals surface area contributed by atoms with Gasteiger partial charge in [-0.05, 0) is 24.0 Å². The maximum atomic E-state index is 13.0. The molecule has 1 aromatic heterocycles. The Morgan fingerprint density at radius 1 is 1.42 bits per heavy atom. The van der Waals surface area contributed by atoms with Crippen molar-refractivity contribution in [3.63, 3.8) is 0 Å². The normalized spacial score (nSPS) is 14.8. The molecule has 1 aliphatic rings. The molecule has 2 heterocycles. The summed E-state index contributed by atoms with van der Waals surface area (Å²) in [6, 6.07) is 7.62. The number of halogens is 3. The van der Waals surface area contributed by atoms with Crippen molar-refractivity contribution in [3.8, 4) is 0 Å². The number of aromatic nitrogens is 2. The molecule has 0 aliphatic carbocycles. The molecule has 24 heavy (non-hydrogen) atoms. The first-order valence-corrected chi connectivity index (χ1v) is 8.34. The number of nitrogens with one attached hydrogen (secondary N) is 1. The van der Waals surface area contributed by atoms with E-state index in [0.29, 0.717) is 19.0 Å². The number of nitrogens with zero attached hydrogens (tertiary/aromatic N) is 3. The third-order valence-corrected chi connectivity index (χ3v) is 4.92. The van der Waals surface area contributed by atoms with E-state index in [9.17, 15) is 13.6 Å². The van der Waals surface area contributed by atoms with E-state index < -0.39 is 6.43 Å². The molecule has 128 valence electrons. The first kappa shape index (κ1) is 16.9. The summed E-state index contributed by atoms with van der Waals surface area (Å²) in [4.78, 5) is 13.8. The van der Waals surface area contributed by atoms with Gasteiger partial charge in [-0.15, -0.1) is 0 Å². The van der Waals surface area contributed by atoms with Crippen molar-refractivity contribution >= 4 is 27.6 Å². The standard InChI is InChI=1S/C16H17BrF2N4O/c1-22-14(15(18)19)13(7-20-22)21-16(24)23-8-10(9-23)6-11-4-2-3-5-12(11)17/h2-5,7,10,15H,6,8-9H2,1H3,(H,21,24). The summed E-state index contributed by atoms with van der Waals surface area (Å²) in [6.07, 6.45) is -0.564. The van der Waals surface area contributed by atoms with Crippen LogP contribution in [0.2, 0.25) is 0 Å². The van der Waals surface area contributed by atoms with Crippen LogP contribution in [0.25, 0.3) is 0 Å². The van der Waals surface area contributed by atoms with Crippen LogP contribution in [0.15, 0.2) is 34.9 Å². The lowest BCUT2D eigenvalue weighted by molar-refractivity contribution is 0.130. The molecule has 5 nitrogen and oxygen atoms in total. The Hall–Kier alpha value is -1.96. The number of hydrogen-bond acceptors (Lipinski definition) is 2. The second-order valence-corrected chi connectivity index (χ2v) is 6.72. The largest absolute Gasteiger partial charge is 0.324 e. The molecule has 2 aromatic rings. The minimum absolute atomic E-state index is 0.0618. The highest BCUT2D eigenvalue weighted by Gasteiger charge is 2.32. The summed E-state index contributed by atoms with van der Waals surface area (Å²) < 4.78 is 28.1. The molecule has 0 radical (unpaired) electrons. The number of carbonyl (C=O) groups excluding carboxylic acids is 1. The van der Waals surface area contributed by atoms with Gasteiger partial charge in [-0.1, -0.05) is 34.1 Å². The Balaban J connectivity index is 1.55. The Labute approximate surface area is 146 Å². The van der Waals surface area contributed by atoms with Gasteiger partial charge < -0.3 is 10.2 Å². The summed E-state index contributed by atoms with van der Waals surface area (Å²) in [5.41, 5.74) is 0.982. The molecule has 1 aromatic carbocycles. The van der Waals surface area contributed by atoms with Gasteiger partial charge in [0.05, 0.1) is 11.9 Å². The van der Waals surface area contributed by atoms with E-state index >= 15 is 0 Å². The Morgan fingerprint density at radius 2 is 2.12 bits per heavy atom. The van der Waals surface area contributed by atoms with Crippen LogP contribution in [-0.4, -0.2) is 33.8 Å². The number of amides is 2. The molecule has 0 spiro atoms. The van der Waals surface area contributed by atoms with Crippen LogP contribution in [0.4, 0.5) is 19.3 Å². The molecule has 2 amide bonds. The molecule has 1 saturated heterocycles. The highest BCUT2D eigenvalue weighted by atomic mass is 79.9. The van der Waals surface area contributed by atoms with Gasteiger partial charge in [-0.3, -0.25) is 4.68 Å². The smallest absolute Gasteiger partial charge is 0.321 e. The molecule has 1 aliphatic heterocycles. The third kappa shape index (κ3) is 3.43. The van der Waals surface area contributed by atoms with Crippen LogP contribution in [0.5, 0.6) is 0 Å². The van der Waals surface area contributed by atoms with E-state index in [2.05, 4.69) is 32.4 Å². The van der Waals surface area contributed by atoms with E-state index in [1.54, 1.807) is 4.90 Å². The van der Waals surface area contributed by atoms with E-state index in [1.165, 1.54) is 18.8 Å². The lowest BCUT2D eigenvalue weighted by Gasteiger charge is -2.39. The second kappa shape index (κ2) is 6.88. The molecule has 0 unspecified atom stereocenters. The van der Waals surface area contributed by atoms with Gasteiger partial charge in [0.1, 0.15) is 5.69 Å². The van der Waals surface area contributed by atoms with Crippen molar-refractivity contribution in [2.24, 2.45) is 13.0 Å². The number of likely N-dealkylation sites (tertiary alicyclic amines) is 1. The third-order valence-electron chi connectivity index (χ3n) is 4.14. The van der Waals surface area contributed by atoms with Gasteiger partial charge in [0.15, 0.2) is 0 Å². The monoisotopic (exact) mass is 398 g/mol. The van der Waals surface area contributed by atoms with E-state index in [0.717, 1.165) is 15.6 Å². The first-order valence-electron chi connectivity index (χ1n) is 7.55. The Kier molecular flexibility index (Phi) is 4.84. The number of hydrogen-bond donors (Lipinski definition) is 1. The van der Waals surface area contributed by atoms with Gasteiger partial charge in [0, 0.05) is 24.6 Å². The maximum Gasteiger partial charge on any atom is 0.321 e. The molecule has 1 N–H and O–H groups in total. The average molecular weight is 399 g/mol. The number of carbonyl (C=O) groups is 1. The highest BCUT2D eigenvalue weighted by Crippen LogP contribution is 2.28. The molecule has 0 saturated carbocycles. The van der Waals surface area contributed by atoms with Crippen LogP contribution < -0.4 is 5.32 Å². The van der Waals surface area contributed by atoms with Crippen molar-refractivity contribution in [2.45, 2.75) is 12.8 Å². The molecular formula is C16H17BrF2N4O. The zero-order valence-electron chi connectivity index (χ0n) is 13.0. The number of anilines is 1. The molecule has 3 rings (SSSR count). The van der Waals surface area contributed by atoms with Crippen LogP contribution in [0, 0.1) is 5.92 Å². The topological polar surface area (TPSA) is 50.2 Å². The fraction of sp³-hybridized carbons (Fsp3) is 0.375. The number of rotatable bonds is 4. The molecule has 8 heteroatoms. The minimum Gasteiger partial charge on any atom is -0.324 e. The molecule has 1 fully saturated rings. The highest BCUT2D eigenvalue weighted by molar-refractivity contribution is 9.10. The summed E-state index contributed by atoms with van der Waals surface area (Å²) in [6.45, 7) is 1.22. The first-order chi connectivity index (χ1) is 11.5. The zero-order valence-corrected chi connectivity index (χ0v) is 14.6. The Bertz CT molecular complexity index is 743. The summed E-state index contributed by atoms with van der Waals surface area (Å²) in [5.74, 6) is 0.373. The van der Waals surface area contributed by atoms with Gasteiger partial charge >= 0.3 is 6.03 Å². The minimum atomic E-state index is -2.69. The second-order valence-electron chi connectivity index (χ2n) is 5.86. The number of urea groups is 1. The lowest BCUT2D eigenvalue weighted by Crippen LogP contribution is -2.52. The predicted molar refractivity (Wildman–Crippen MR) is 90.1 cm³/mol. The zero-order chi connectivity index (χ0) is 17.3. The van der Waals surface area contributed by atoms with Crippen molar-refractivity contribution in [1.29, 1.82) is 0 Å². The number of alkyl halides is 2. The molecule has 0 bridgehead atoms. The van der Waals surface area contributed by atoms with Crippen molar-refractivity contribution in [3.05, 3.63) is 46.2 Å². The summed E-state index contributed by atoms with van der Waals surface area (Å²) >= 11 is 3.52. The molecular weight excluding hydrogens is 382 g/mol. The van der Waals surface area contributed by atoms with Crippen LogP contribution in [-0.2, 0) is 13.5 Å². The SMILES string of the molecule is Cn1ncc(NC(=O)N2CC(Cc3ccccc3Br)C2)c1C(F)F. The van der Waals surface area contributed by atoms with Crippen molar-refractivity contribution < 1.29 is 13.6 Å². The van der Waals surface area contributed by atoms with Crippen molar-refractivity contribution in [1.82, 2.24) is 14.7 Å². The Morgan fingerprint density at radius 3 is 2.79 bits per heavy atom. The lowest BCUT2D eigenvalue weighted by atomic mass is 9.92. The fourth-order valence-corrected chi connectivity index (χ4v) is 3.28. The van der Waals surface area contributed by atoms with Crippen LogP contribution >= 0.6 is 15.9 Å². The van der Waals surface area contributed by atoms with Crippen molar-refractivity contribution in [2.75, 3.05) is 18.4 Å². The number of aryl methyl sites for hydroxylation is 1. The van der Waals surface area contributed by atoms with Gasteiger partial charge in [0.25, 0.3) is 6.43 Å².